The van der Waals surface area contributed by atoms with Gasteiger partial charge in [0.2, 0.25) is 11.8 Å². The number of furan rings is 1. The van der Waals surface area contributed by atoms with Gasteiger partial charge in [-0.05, 0) is 75.9 Å². The Morgan fingerprint density at radius 1 is 0.966 bits per heavy atom. The molecule has 0 radical (unpaired) electrons. The van der Waals surface area contributed by atoms with Crippen molar-refractivity contribution in [2.24, 2.45) is 11.8 Å². The first-order valence-electron chi connectivity index (χ1n) is 10.6. The zero-order valence-corrected chi connectivity index (χ0v) is 17.3. The summed E-state index contributed by atoms with van der Waals surface area (Å²) in [5.41, 5.74) is 1.98. The Hall–Kier alpha value is -2.76. The smallest absolute Gasteiger partial charge is 0.227 e. The largest absolute Gasteiger partial charge is 0.467 e. The van der Waals surface area contributed by atoms with Crippen molar-refractivity contribution in [3.05, 3.63) is 48.4 Å². The van der Waals surface area contributed by atoms with Gasteiger partial charge >= 0.3 is 0 Å². The van der Waals surface area contributed by atoms with Crippen LogP contribution in [0, 0.1) is 11.8 Å². The van der Waals surface area contributed by atoms with Crippen molar-refractivity contribution in [3.8, 4) is 0 Å². The van der Waals surface area contributed by atoms with Crippen LogP contribution in [0.15, 0.2) is 47.1 Å². The summed E-state index contributed by atoms with van der Waals surface area (Å²) in [6.45, 7) is 6.59. The highest BCUT2D eigenvalue weighted by Gasteiger charge is 2.30. The average Bonchev–Trinajstić information content (AvgIpc) is 3.28. The Labute approximate surface area is 172 Å². The van der Waals surface area contributed by atoms with Gasteiger partial charge in [-0.1, -0.05) is 0 Å². The quantitative estimate of drug-likeness (QED) is 0.700. The van der Waals surface area contributed by atoms with Crippen LogP contribution < -0.4 is 15.5 Å². The van der Waals surface area contributed by atoms with Gasteiger partial charge in [-0.15, -0.1) is 0 Å². The molecule has 1 aliphatic carbocycles. The number of nitrogens with zero attached hydrogens (tertiary/aromatic N) is 1. The monoisotopic (exact) mass is 397 g/mol. The second kappa shape index (κ2) is 10.1. The number of benzene rings is 1. The lowest BCUT2D eigenvalue weighted by Gasteiger charge is -2.27. The van der Waals surface area contributed by atoms with E-state index in [1.54, 1.807) is 6.26 Å². The lowest BCUT2D eigenvalue weighted by atomic mass is 9.81. The van der Waals surface area contributed by atoms with Crippen LogP contribution in [0.25, 0.3) is 0 Å². The van der Waals surface area contributed by atoms with Crippen molar-refractivity contribution in [1.29, 1.82) is 0 Å². The summed E-state index contributed by atoms with van der Waals surface area (Å²) < 4.78 is 5.24. The van der Waals surface area contributed by atoms with Crippen LogP contribution in [0.2, 0.25) is 0 Å². The molecular weight excluding hydrogens is 366 g/mol. The molecule has 156 valence electrons. The lowest BCUT2D eigenvalue weighted by Crippen LogP contribution is -2.35. The highest BCUT2D eigenvalue weighted by Crippen LogP contribution is 2.30. The van der Waals surface area contributed by atoms with E-state index in [4.69, 9.17) is 4.42 Å². The number of carbonyl (C=O) groups excluding carboxylic acids is 2. The summed E-state index contributed by atoms with van der Waals surface area (Å²) in [7, 11) is 0. The fourth-order valence-electron chi connectivity index (χ4n) is 3.94. The Morgan fingerprint density at radius 3 is 2.14 bits per heavy atom. The van der Waals surface area contributed by atoms with Gasteiger partial charge in [0.15, 0.2) is 0 Å². The van der Waals surface area contributed by atoms with E-state index in [-0.39, 0.29) is 23.7 Å². The molecule has 0 aliphatic heterocycles. The van der Waals surface area contributed by atoms with Gasteiger partial charge in [0.05, 0.1) is 12.8 Å². The second-order valence-electron chi connectivity index (χ2n) is 7.55. The Kier molecular flexibility index (Phi) is 7.33. The zero-order chi connectivity index (χ0) is 20.6. The average molecular weight is 398 g/mol. The maximum absolute atomic E-state index is 12.6. The minimum Gasteiger partial charge on any atom is -0.467 e. The van der Waals surface area contributed by atoms with Crippen LogP contribution in [0.3, 0.4) is 0 Å². The van der Waals surface area contributed by atoms with Crippen molar-refractivity contribution in [2.45, 2.75) is 46.1 Å². The minimum absolute atomic E-state index is 0.0256. The van der Waals surface area contributed by atoms with E-state index in [0.717, 1.165) is 55.9 Å². The van der Waals surface area contributed by atoms with E-state index in [0.29, 0.717) is 6.54 Å². The molecule has 1 fully saturated rings. The Bertz CT molecular complexity index is 774. The fraction of sp³-hybridized carbons (Fsp3) is 0.478. The molecule has 3 rings (SSSR count). The Balaban J connectivity index is 1.44. The second-order valence-corrected chi connectivity index (χ2v) is 7.55. The molecule has 29 heavy (non-hydrogen) atoms. The SMILES string of the molecule is CCN(CC)c1ccc(NC(=O)C2CCC(C(=O)NCc3ccco3)CC2)cc1. The van der Waals surface area contributed by atoms with Crippen LogP contribution in [0.5, 0.6) is 0 Å². The summed E-state index contributed by atoms with van der Waals surface area (Å²) in [6.07, 6.45) is 4.55. The first kappa shape index (κ1) is 21.0. The van der Waals surface area contributed by atoms with E-state index in [1.807, 2.05) is 36.4 Å². The van der Waals surface area contributed by atoms with Crippen LogP contribution in [-0.4, -0.2) is 24.9 Å². The highest BCUT2D eigenvalue weighted by atomic mass is 16.3. The molecule has 0 unspecified atom stereocenters. The van der Waals surface area contributed by atoms with Gasteiger partial charge in [-0.3, -0.25) is 9.59 Å². The van der Waals surface area contributed by atoms with E-state index in [1.165, 1.54) is 0 Å². The molecule has 2 aromatic rings. The van der Waals surface area contributed by atoms with Gasteiger partial charge in [0.25, 0.3) is 0 Å². The van der Waals surface area contributed by atoms with Crippen LogP contribution in [0.4, 0.5) is 11.4 Å². The van der Waals surface area contributed by atoms with Gasteiger partial charge in [-0.2, -0.15) is 0 Å². The summed E-state index contributed by atoms with van der Waals surface area (Å²) in [5.74, 6) is 0.787. The summed E-state index contributed by atoms with van der Waals surface area (Å²) in [6, 6.07) is 11.7. The number of hydrogen-bond donors (Lipinski definition) is 2. The fourth-order valence-corrected chi connectivity index (χ4v) is 3.94. The molecule has 0 bridgehead atoms. The van der Waals surface area contributed by atoms with Crippen molar-refractivity contribution in [3.63, 3.8) is 0 Å². The van der Waals surface area contributed by atoms with Crippen LogP contribution >= 0.6 is 0 Å². The predicted octanol–water partition coefficient (Wildman–Crippen LogP) is 4.19. The predicted molar refractivity (Wildman–Crippen MR) is 115 cm³/mol. The molecule has 6 heteroatoms. The van der Waals surface area contributed by atoms with Crippen molar-refractivity contribution in [1.82, 2.24) is 5.32 Å². The molecular formula is C23H31N3O3. The van der Waals surface area contributed by atoms with E-state index >= 15 is 0 Å². The van der Waals surface area contributed by atoms with Gasteiger partial charge < -0.3 is 20.0 Å². The topological polar surface area (TPSA) is 74.6 Å². The standard InChI is InChI=1S/C23H31N3O3/c1-3-26(4-2)20-13-11-19(12-14-20)25-23(28)18-9-7-17(8-10-18)22(27)24-16-21-6-5-15-29-21/h5-6,11-15,17-18H,3-4,7-10,16H2,1-2H3,(H,24,27)(H,25,28). The molecule has 1 heterocycles. The number of anilines is 2. The summed E-state index contributed by atoms with van der Waals surface area (Å²) in [4.78, 5) is 27.2. The van der Waals surface area contributed by atoms with Gasteiger partial charge in [0, 0.05) is 36.3 Å². The maximum Gasteiger partial charge on any atom is 0.227 e. The molecule has 0 atom stereocenters. The molecule has 1 saturated carbocycles. The van der Waals surface area contributed by atoms with Crippen LogP contribution in [-0.2, 0) is 16.1 Å². The molecule has 1 aromatic heterocycles. The van der Waals surface area contributed by atoms with Gasteiger partial charge in [-0.25, -0.2) is 0 Å². The minimum atomic E-state index is -0.0356. The number of carbonyl (C=O) groups is 2. The molecule has 6 nitrogen and oxygen atoms in total. The molecule has 2 amide bonds. The lowest BCUT2D eigenvalue weighted by molar-refractivity contribution is -0.128. The molecule has 0 saturated heterocycles. The number of hydrogen-bond acceptors (Lipinski definition) is 4. The third-order valence-electron chi connectivity index (χ3n) is 5.75. The number of amides is 2. The normalized spacial score (nSPS) is 18.8. The van der Waals surface area contributed by atoms with Crippen LogP contribution in [0.1, 0.15) is 45.3 Å². The van der Waals surface area contributed by atoms with Crippen molar-refractivity contribution < 1.29 is 14.0 Å². The first-order chi connectivity index (χ1) is 14.1. The molecule has 0 spiro atoms. The van der Waals surface area contributed by atoms with E-state index in [2.05, 4.69) is 29.4 Å². The molecule has 1 aliphatic rings. The number of rotatable bonds is 8. The maximum atomic E-state index is 12.6. The van der Waals surface area contributed by atoms with E-state index in [9.17, 15) is 9.59 Å². The zero-order valence-electron chi connectivity index (χ0n) is 17.3. The van der Waals surface area contributed by atoms with Crippen molar-refractivity contribution in [2.75, 3.05) is 23.3 Å². The number of nitrogens with one attached hydrogen (secondary N) is 2. The first-order valence-corrected chi connectivity index (χ1v) is 10.6. The Morgan fingerprint density at radius 2 is 1.59 bits per heavy atom. The summed E-state index contributed by atoms with van der Waals surface area (Å²) >= 11 is 0. The van der Waals surface area contributed by atoms with E-state index < -0.39 is 0 Å². The molecule has 1 aromatic carbocycles. The third kappa shape index (κ3) is 5.62. The third-order valence-corrected chi connectivity index (χ3v) is 5.75. The highest BCUT2D eigenvalue weighted by molar-refractivity contribution is 5.93. The molecule has 2 N–H and O–H groups in total. The summed E-state index contributed by atoms with van der Waals surface area (Å²) in [5, 5.41) is 5.96. The van der Waals surface area contributed by atoms with Crippen molar-refractivity contribution >= 4 is 23.2 Å². The van der Waals surface area contributed by atoms with Gasteiger partial charge in [0.1, 0.15) is 5.76 Å².